The maximum atomic E-state index is 13.9. The molecule has 9 heteroatoms. The average molecular weight is 539 g/mol. The van der Waals surface area contributed by atoms with Crippen LogP contribution in [0.5, 0.6) is 11.5 Å². The van der Waals surface area contributed by atoms with Gasteiger partial charge in [0.25, 0.3) is 5.91 Å². The number of methoxy groups -OCH3 is 2. The fourth-order valence-electron chi connectivity index (χ4n) is 4.60. The van der Waals surface area contributed by atoms with E-state index in [0.29, 0.717) is 28.8 Å². The van der Waals surface area contributed by atoms with E-state index < -0.39 is 29.7 Å². The number of amides is 1. The van der Waals surface area contributed by atoms with Crippen molar-refractivity contribution in [2.75, 3.05) is 20.8 Å². The molecule has 1 heterocycles. The van der Waals surface area contributed by atoms with E-state index in [0.717, 1.165) is 18.1 Å². The lowest BCUT2D eigenvalue weighted by atomic mass is 9.99. The van der Waals surface area contributed by atoms with Gasteiger partial charge < -0.3 is 29.6 Å². The molecule has 3 aromatic carbocycles. The van der Waals surface area contributed by atoms with Crippen LogP contribution < -0.4 is 20.1 Å². The van der Waals surface area contributed by atoms with Crippen molar-refractivity contribution < 1.29 is 32.6 Å². The quantitative estimate of drug-likeness (QED) is 0.240. The van der Waals surface area contributed by atoms with E-state index in [-0.39, 0.29) is 24.3 Å². The highest BCUT2D eigenvalue weighted by molar-refractivity contribution is 6.04. The molecule has 7 nitrogen and oxygen atoms in total. The zero-order valence-electron chi connectivity index (χ0n) is 22.1. The Balaban J connectivity index is 1.57. The summed E-state index contributed by atoms with van der Waals surface area (Å²) in [4.78, 5) is 13.5. The molecule has 2 atom stereocenters. The van der Waals surface area contributed by atoms with Crippen LogP contribution in [-0.4, -0.2) is 43.9 Å². The molecule has 3 N–H and O–H groups in total. The lowest BCUT2D eigenvalue weighted by molar-refractivity contribution is 0.0827. The minimum Gasteiger partial charge on any atom is -0.495 e. The number of halogens is 2. The number of fused-ring (bicyclic) bond motifs is 1. The van der Waals surface area contributed by atoms with E-state index in [4.69, 9.17) is 13.9 Å². The average Bonchev–Trinajstić information content (AvgIpc) is 3.41. The Morgan fingerprint density at radius 3 is 2.44 bits per heavy atom. The van der Waals surface area contributed by atoms with Gasteiger partial charge in [0.1, 0.15) is 17.4 Å². The highest BCUT2D eigenvalue weighted by Gasteiger charge is 2.26. The van der Waals surface area contributed by atoms with Crippen LogP contribution >= 0.6 is 0 Å². The van der Waals surface area contributed by atoms with Crippen LogP contribution in [0, 0.1) is 11.6 Å². The van der Waals surface area contributed by atoms with Gasteiger partial charge in [0.05, 0.1) is 43.6 Å². The summed E-state index contributed by atoms with van der Waals surface area (Å²) < 4.78 is 44.2. The maximum Gasteiger partial charge on any atom is 0.255 e. The Morgan fingerprint density at radius 2 is 1.74 bits per heavy atom. The molecule has 0 spiro atoms. The van der Waals surface area contributed by atoms with Gasteiger partial charge in [-0.25, -0.2) is 8.78 Å². The first-order chi connectivity index (χ1) is 18.8. The zero-order chi connectivity index (χ0) is 27.9. The van der Waals surface area contributed by atoms with Gasteiger partial charge in [0.15, 0.2) is 11.3 Å². The summed E-state index contributed by atoms with van der Waals surface area (Å²) in [6, 6.07) is 13.5. The summed E-state index contributed by atoms with van der Waals surface area (Å²) in [6.45, 7) is 2.70. The molecule has 1 aromatic heterocycles. The third kappa shape index (κ3) is 6.74. The number of hydrogen-bond donors (Lipinski definition) is 3. The van der Waals surface area contributed by atoms with Gasteiger partial charge in [-0.3, -0.25) is 4.79 Å². The van der Waals surface area contributed by atoms with Gasteiger partial charge >= 0.3 is 0 Å². The number of carbonyl (C=O) groups excluding carboxylic acids is 1. The molecular formula is C30H32F2N2O5. The SMILES string of the molecule is CCc1cccc(CNC[C@H](O)[C@@H](Cc2cc(F)cc(F)c2)NC(=O)c2cc(OC)c3occc3c2OC)c1. The smallest absolute Gasteiger partial charge is 0.255 e. The predicted molar refractivity (Wildman–Crippen MR) is 144 cm³/mol. The molecule has 206 valence electrons. The fourth-order valence-corrected chi connectivity index (χ4v) is 4.60. The van der Waals surface area contributed by atoms with Crippen LogP contribution in [0.1, 0.15) is 34.0 Å². The molecule has 0 aliphatic heterocycles. The van der Waals surface area contributed by atoms with E-state index in [2.05, 4.69) is 23.6 Å². The summed E-state index contributed by atoms with van der Waals surface area (Å²) in [5.41, 5.74) is 3.14. The molecule has 4 rings (SSSR count). The van der Waals surface area contributed by atoms with Crippen molar-refractivity contribution in [2.45, 2.75) is 38.5 Å². The number of aryl methyl sites for hydroxylation is 1. The van der Waals surface area contributed by atoms with Crippen LogP contribution in [0.15, 0.2) is 65.3 Å². The minimum absolute atomic E-state index is 0.0119. The predicted octanol–water partition coefficient (Wildman–Crippen LogP) is 4.78. The molecule has 0 aliphatic rings. The second-order valence-electron chi connectivity index (χ2n) is 9.26. The summed E-state index contributed by atoms with van der Waals surface area (Å²) >= 11 is 0. The number of hydrogen-bond acceptors (Lipinski definition) is 6. The van der Waals surface area contributed by atoms with E-state index in [1.54, 1.807) is 6.07 Å². The maximum absolute atomic E-state index is 13.9. The van der Waals surface area contributed by atoms with E-state index in [1.807, 2.05) is 18.2 Å². The normalized spacial score (nSPS) is 12.8. The summed E-state index contributed by atoms with van der Waals surface area (Å²) in [5, 5.41) is 17.7. The van der Waals surface area contributed by atoms with Gasteiger partial charge in [-0.1, -0.05) is 31.2 Å². The van der Waals surface area contributed by atoms with Gasteiger partial charge in [0, 0.05) is 25.2 Å². The number of nitrogens with one attached hydrogen (secondary N) is 2. The number of aliphatic hydroxyl groups is 1. The Hall–Kier alpha value is -3.95. The van der Waals surface area contributed by atoms with Gasteiger partial charge in [-0.15, -0.1) is 0 Å². The number of furan rings is 1. The van der Waals surface area contributed by atoms with Crippen molar-refractivity contribution in [1.29, 1.82) is 0 Å². The molecule has 0 radical (unpaired) electrons. The van der Waals surface area contributed by atoms with Crippen LogP contribution in [0.3, 0.4) is 0 Å². The molecule has 0 fully saturated rings. The molecule has 0 saturated carbocycles. The van der Waals surface area contributed by atoms with Gasteiger partial charge in [-0.2, -0.15) is 0 Å². The number of aliphatic hydroxyl groups excluding tert-OH is 1. The molecule has 0 unspecified atom stereocenters. The molecule has 39 heavy (non-hydrogen) atoms. The van der Waals surface area contributed by atoms with Crippen molar-refractivity contribution in [1.82, 2.24) is 10.6 Å². The summed E-state index contributed by atoms with van der Waals surface area (Å²) in [6.07, 6.45) is 1.28. The van der Waals surface area contributed by atoms with Crippen molar-refractivity contribution in [3.63, 3.8) is 0 Å². The number of benzene rings is 3. The van der Waals surface area contributed by atoms with Crippen LogP contribution in [0.4, 0.5) is 8.78 Å². The minimum atomic E-state index is -1.08. The van der Waals surface area contributed by atoms with E-state index in [1.165, 1.54) is 44.2 Å². The van der Waals surface area contributed by atoms with Gasteiger partial charge in [0.2, 0.25) is 0 Å². The molecule has 0 aliphatic carbocycles. The number of rotatable bonds is 12. The third-order valence-corrected chi connectivity index (χ3v) is 6.56. The molecule has 0 bridgehead atoms. The fraction of sp³-hybridized carbons (Fsp3) is 0.300. The van der Waals surface area contributed by atoms with Crippen molar-refractivity contribution in [3.05, 3.63) is 94.7 Å². The van der Waals surface area contributed by atoms with Crippen LogP contribution in [0.2, 0.25) is 0 Å². The highest BCUT2D eigenvalue weighted by atomic mass is 19.1. The monoisotopic (exact) mass is 538 g/mol. The lowest BCUT2D eigenvalue weighted by Crippen LogP contribution is -2.48. The Kier molecular flexibility index (Phi) is 9.16. The first-order valence-electron chi connectivity index (χ1n) is 12.7. The molecular weight excluding hydrogens is 506 g/mol. The second kappa shape index (κ2) is 12.7. The van der Waals surface area contributed by atoms with Gasteiger partial charge in [-0.05, 0) is 47.7 Å². The number of ether oxygens (including phenoxy) is 2. The molecule has 4 aromatic rings. The topological polar surface area (TPSA) is 93.0 Å². The molecule has 0 saturated heterocycles. The Labute approximate surface area is 225 Å². The van der Waals surface area contributed by atoms with E-state index >= 15 is 0 Å². The molecule has 1 amide bonds. The number of carbonyl (C=O) groups is 1. The first-order valence-corrected chi connectivity index (χ1v) is 12.7. The second-order valence-corrected chi connectivity index (χ2v) is 9.26. The third-order valence-electron chi connectivity index (χ3n) is 6.56. The van der Waals surface area contributed by atoms with Crippen LogP contribution in [0.25, 0.3) is 11.0 Å². The van der Waals surface area contributed by atoms with Crippen molar-refractivity contribution >= 4 is 16.9 Å². The lowest BCUT2D eigenvalue weighted by Gasteiger charge is -2.25. The van der Waals surface area contributed by atoms with Crippen LogP contribution in [-0.2, 0) is 19.4 Å². The Bertz CT molecular complexity index is 1420. The summed E-state index contributed by atoms with van der Waals surface area (Å²) in [5.74, 6) is -1.42. The van der Waals surface area contributed by atoms with E-state index in [9.17, 15) is 18.7 Å². The Morgan fingerprint density at radius 1 is 1.00 bits per heavy atom. The highest BCUT2D eigenvalue weighted by Crippen LogP contribution is 2.37. The van der Waals surface area contributed by atoms with Crippen molar-refractivity contribution in [3.8, 4) is 11.5 Å². The zero-order valence-corrected chi connectivity index (χ0v) is 22.1. The first kappa shape index (κ1) is 28.1. The van der Waals surface area contributed by atoms with Crippen molar-refractivity contribution in [2.24, 2.45) is 0 Å². The summed E-state index contributed by atoms with van der Waals surface area (Å²) in [7, 11) is 2.89. The standard InChI is InChI=1S/C30H32F2N2O5/c1-4-18-6-5-7-19(10-18)16-33-17-26(35)25(13-20-11-21(31)14-22(32)12-20)34-30(36)24-15-27(37-2)29-23(8-9-39-29)28(24)38-3/h5-12,14-15,25-26,33,35H,4,13,16-17H2,1-3H3,(H,34,36)/t25-,26+/m1/s1. The largest absolute Gasteiger partial charge is 0.495 e.